The van der Waals surface area contributed by atoms with Crippen LogP contribution in [0, 0.1) is 0 Å². The largest absolute Gasteiger partial charge is 0.496 e. The maximum absolute atomic E-state index is 5.57. The molecule has 1 heterocycles. The summed E-state index contributed by atoms with van der Waals surface area (Å²) in [6.45, 7) is 7.25. The van der Waals surface area contributed by atoms with Crippen LogP contribution in [0.4, 0.5) is 5.69 Å². The third-order valence-corrected chi connectivity index (χ3v) is 4.03. The first kappa shape index (κ1) is 15.1. The van der Waals surface area contributed by atoms with Crippen LogP contribution in [0.1, 0.15) is 31.9 Å². The lowest BCUT2D eigenvalue weighted by molar-refractivity contribution is 0.121. The lowest BCUT2D eigenvalue weighted by Crippen LogP contribution is -2.26. The SMILES string of the molecule is CCNC(C)c1c(OC)cccc1N1CCC(OC)C1. The van der Waals surface area contributed by atoms with Crippen LogP contribution < -0.4 is 15.0 Å². The average Bonchev–Trinajstić information content (AvgIpc) is 2.95. The van der Waals surface area contributed by atoms with Crippen LogP contribution in [-0.2, 0) is 4.74 Å². The van der Waals surface area contributed by atoms with Crippen molar-refractivity contribution in [3.05, 3.63) is 23.8 Å². The van der Waals surface area contributed by atoms with Gasteiger partial charge >= 0.3 is 0 Å². The van der Waals surface area contributed by atoms with Gasteiger partial charge in [-0.25, -0.2) is 0 Å². The topological polar surface area (TPSA) is 33.7 Å². The van der Waals surface area contributed by atoms with Crippen molar-refractivity contribution < 1.29 is 9.47 Å². The maximum Gasteiger partial charge on any atom is 0.125 e. The molecule has 1 aromatic carbocycles. The van der Waals surface area contributed by atoms with Gasteiger partial charge in [-0.2, -0.15) is 0 Å². The highest BCUT2D eigenvalue weighted by Gasteiger charge is 2.26. The first-order valence-corrected chi connectivity index (χ1v) is 7.39. The Bertz CT molecular complexity index is 436. The van der Waals surface area contributed by atoms with Crippen molar-refractivity contribution in [2.24, 2.45) is 0 Å². The van der Waals surface area contributed by atoms with Gasteiger partial charge in [0.1, 0.15) is 5.75 Å². The first-order valence-electron chi connectivity index (χ1n) is 7.39. The van der Waals surface area contributed by atoms with Gasteiger partial charge < -0.3 is 19.7 Å². The smallest absolute Gasteiger partial charge is 0.125 e. The zero-order valence-electron chi connectivity index (χ0n) is 13.0. The van der Waals surface area contributed by atoms with Crippen molar-refractivity contribution in [1.82, 2.24) is 5.32 Å². The standard InChI is InChI=1S/C16H26N2O2/c1-5-17-12(2)16-14(7-6-8-15(16)20-4)18-10-9-13(11-18)19-3/h6-8,12-13,17H,5,9-11H2,1-4H3. The second-order valence-electron chi connectivity index (χ2n) is 5.26. The molecule has 112 valence electrons. The number of methoxy groups -OCH3 is 2. The number of nitrogens with zero attached hydrogens (tertiary/aromatic N) is 1. The molecule has 0 radical (unpaired) electrons. The predicted octanol–water partition coefficient (Wildman–Crippen LogP) is 2.59. The number of anilines is 1. The molecule has 1 N–H and O–H groups in total. The number of ether oxygens (including phenoxy) is 2. The summed E-state index contributed by atoms with van der Waals surface area (Å²) in [7, 11) is 3.53. The summed E-state index contributed by atoms with van der Waals surface area (Å²) >= 11 is 0. The Balaban J connectivity index is 2.32. The van der Waals surface area contributed by atoms with E-state index in [0.717, 1.165) is 31.8 Å². The van der Waals surface area contributed by atoms with E-state index in [2.05, 4.69) is 36.2 Å². The van der Waals surface area contributed by atoms with E-state index in [-0.39, 0.29) is 6.04 Å². The highest BCUT2D eigenvalue weighted by molar-refractivity contribution is 5.61. The summed E-state index contributed by atoms with van der Waals surface area (Å²) in [6, 6.07) is 6.56. The average molecular weight is 278 g/mol. The van der Waals surface area contributed by atoms with E-state index >= 15 is 0 Å². The molecule has 20 heavy (non-hydrogen) atoms. The quantitative estimate of drug-likeness (QED) is 0.867. The summed E-state index contributed by atoms with van der Waals surface area (Å²) in [6.07, 6.45) is 1.42. The molecule has 2 atom stereocenters. The van der Waals surface area contributed by atoms with Gasteiger partial charge in [-0.3, -0.25) is 0 Å². The lowest BCUT2D eigenvalue weighted by atomic mass is 10.0. The van der Waals surface area contributed by atoms with Crippen molar-refractivity contribution in [3.8, 4) is 5.75 Å². The monoisotopic (exact) mass is 278 g/mol. The second kappa shape index (κ2) is 6.95. The predicted molar refractivity (Wildman–Crippen MR) is 82.7 cm³/mol. The molecule has 2 rings (SSSR count). The number of hydrogen-bond acceptors (Lipinski definition) is 4. The van der Waals surface area contributed by atoms with Crippen molar-refractivity contribution >= 4 is 5.69 Å². The Morgan fingerprint density at radius 3 is 2.80 bits per heavy atom. The molecular formula is C16H26N2O2. The lowest BCUT2D eigenvalue weighted by Gasteiger charge is -2.26. The molecule has 2 unspecified atom stereocenters. The van der Waals surface area contributed by atoms with Gasteiger partial charge in [-0.15, -0.1) is 0 Å². The van der Waals surface area contributed by atoms with E-state index in [1.54, 1.807) is 14.2 Å². The fourth-order valence-corrected chi connectivity index (χ4v) is 2.97. The van der Waals surface area contributed by atoms with Crippen LogP contribution in [0.15, 0.2) is 18.2 Å². The van der Waals surface area contributed by atoms with Crippen LogP contribution in [0.25, 0.3) is 0 Å². The van der Waals surface area contributed by atoms with Crippen LogP contribution >= 0.6 is 0 Å². The maximum atomic E-state index is 5.57. The zero-order valence-corrected chi connectivity index (χ0v) is 13.0. The minimum absolute atomic E-state index is 0.271. The molecule has 1 aliphatic rings. The normalized spacial score (nSPS) is 20.2. The minimum Gasteiger partial charge on any atom is -0.496 e. The minimum atomic E-state index is 0.271. The van der Waals surface area contributed by atoms with Gasteiger partial charge in [-0.1, -0.05) is 13.0 Å². The molecule has 1 aromatic rings. The van der Waals surface area contributed by atoms with Gasteiger partial charge in [0, 0.05) is 37.5 Å². The van der Waals surface area contributed by atoms with Crippen LogP contribution in [0.5, 0.6) is 5.75 Å². The number of nitrogens with one attached hydrogen (secondary N) is 1. The van der Waals surface area contributed by atoms with Gasteiger partial charge in [0.25, 0.3) is 0 Å². The Labute approximate surface area is 122 Å². The molecule has 4 heteroatoms. The summed E-state index contributed by atoms with van der Waals surface area (Å²) in [5, 5.41) is 3.49. The molecule has 1 aliphatic heterocycles. The number of benzene rings is 1. The van der Waals surface area contributed by atoms with Gasteiger partial charge in [-0.05, 0) is 32.0 Å². The van der Waals surface area contributed by atoms with Crippen molar-refractivity contribution in [1.29, 1.82) is 0 Å². The fraction of sp³-hybridized carbons (Fsp3) is 0.625. The molecule has 0 spiro atoms. The van der Waals surface area contributed by atoms with Gasteiger partial charge in [0.2, 0.25) is 0 Å². The molecule has 1 fully saturated rings. The van der Waals surface area contributed by atoms with E-state index in [0.29, 0.717) is 6.10 Å². The van der Waals surface area contributed by atoms with E-state index in [4.69, 9.17) is 9.47 Å². The van der Waals surface area contributed by atoms with E-state index < -0.39 is 0 Å². The summed E-state index contributed by atoms with van der Waals surface area (Å²) < 4.78 is 11.0. The summed E-state index contributed by atoms with van der Waals surface area (Å²) in [5.41, 5.74) is 2.51. The molecular weight excluding hydrogens is 252 g/mol. The second-order valence-corrected chi connectivity index (χ2v) is 5.26. The number of rotatable bonds is 6. The van der Waals surface area contributed by atoms with Crippen LogP contribution in [0.3, 0.4) is 0 Å². The molecule has 0 aliphatic carbocycles. The van der Waals surface area contributed by atoms with Crippen molar-refractivity contribution in [2.45, 2.75) is 32.4 Å². The Morgan fingerprint density at radius 2 is 2.20 bits per heavy atom. The zero-order chi connectivity index (χ0) is 14.5. The Kier molecular flexibility index (Phi) is 5.26. The molecule has 1 saturated heterocycles. The fourth-order valence-electron chi connectivity index (χ4n) is 2.97. The van der Waals surface area contributed by atoms with Gasteiger partial charge in [0.05, 0.1) is 13.2 Å². The summed E-state index contributed by atoms with van der Waals surface area (Å²) in [4.78, 5) is 2.40. The molecule has 0 bridgehead atoms. The van der Waals surface area contributed by atoms with Crippen molar-refractivity contribution in [3.63, 3.8) is 0 Å². The first-order chi connectivity index (χ1) is 9.71. The van der Waals surface area contributed by atoms with Gasteiger partial charge in [0.15, 0.2) is 0 Å². The molecule has 4 nitrogen and oxygen atoms in total. The van der Waals surface area contributed by atoms with Crippen LogP contribution in [-0.4, -0.2) is 40.0 Å². The van der Waals surface area contributed by atoms with E-state index in [1.807, 2.05) is 6.07 Å². The van der Waals surface area contributed by atoms with E-state index in [1.165, 1.54) is 11.3 Å². The molecule has 0 saturated carbocycles. The molecule has 0 amide bonds. The third-order valence-electron chi connectivity index (χ3n) is 4.03. The number of hydrogen-bond donors (Lipinski definition) is 1. The Hall–Kier alpha value is -1.26. The third kappa shape index (κ3) is 3.07. The van der Waals surface area contributed by atoms with Crippen molar-refractivity contribution in [2.75, 3.05) is 38.8 Å². The highest BCUT2D eigenvalue weighted by atomic mass is 16.5. The summed E-state index contributed by atoms with van der Waals surface area (Å²) in [5.74, 6) is 0.955. The van der Waals surface area contributed by atoms with E-state index in [9.17, 15) is 0 Å². The van der Waals surface area contributed by atoms with Crippen LogP contribution in [0.2, 0.25) is 0 Å². The molecule has 0 aromatic heterocycles. The highest BCUT2D eigenvalue weighted by Crippen LogP contribution is 2.36. The Morgan fingerprint density at radius 1 is 1.40 bits per heavy atom.